The van der Waals surface area contributed by atoms with E-state index in [-0.39, 0.29) is 29.6 Å². The van der Waals surface area contributed by atoms with Crippen LogP contribution in [0.1, 0.15) is 66.7 Å². The molecule has 4 fully saturated rings. The first-order valence-electron chi connectivity index (χ1n) is 11.5. The van der Waals surface area contributed by atoms with Crippen molar-refractivity contribution in [1.29, 1.82) is 0 Å². The Balaban J connectivity index is 1.23. The molecule has 0 amide bonds. The van der Waals surface area contributed by atoms with E-state index in [4.69, 9.17) is 4.74 Å². The number of carbonyl (C=O) groups excluding carboxylic acids is 2. The van der Waals surface area contributed by atoms with E-state index in [1.807, 2.05) is 24.5 Å². The molecule has 0 N–H and O–H groups in total. The second-order valence-corrected chi connectivity index (χ2v) is 10.3. The molecule has 0 atom stereocenters. The van der Waals surface area contributed by atoms with E-state index in [1.165, 1.54) is 31.4 Å². The minimum Gasteiger partial charge on any atom is -0.457 e. The Morgan fingerprint density at radius 1 is 1.03 bits per heavy atom. The van der Waals surface area contributed by atoms with Gasteiger partial charge in [0.25, 0.3) is 0 Å². The quantitative estimate of drug-likeness (QED) is 0.451. The van der Waals surface area contributed by atoms with Crippen LogP contribution in [-0.2, 0) is 9.53 Å². The molecule has 1 aromatic carbocycles. The number of esters is 1. The molecule has 0 spiro atoms. The van der Waals surface area contributed by atoms with Crippen molar-refractivity contribution in [3.63, 3.8) is 0 Å². The minimum atomic E-state index is -0.298. The Hall–Kier alpha value is -2.43. The van der Waals surface area contributed by atoms with Gasteiger partial charge in [-0.1, -0.05) is 0 Å². The van der Waals surface area contributed by atoms with Gasteiger partial charge in [-0.3, -0.25) is 9.59 Å². The van der Waals surface area contributed by atoms with Crippen LogP contribution in [0.25, 0.3) is 5.69 Å². The van der Waals surface area contributed by atoms with Crippen LogP contribution in [0.2, 0.25) is 0 Å². The van der Waals surface area contributed by atoms with E-state index in [0.29, 0.717) is 12.0 Å². The van der Waals surface area contributed by atoms with Crippen molar-refractivity contribution in [3.8, 4) is 5.69 Å². The zero-order valence-electron chi connectivity index (χ0n) is 18.3. The Labute approximate surface area is 182 Å². The maximum Gasteiger partial charge on any atom is 0.306 e. The number of halogens is 1. The predicted octanol–water partition coefficient (Wildman–Crippen LogP) is 5.57. The van der Waals surface area contributed by atoms with Gasteiger partial charge in [0.15, 0.2) is 6.61 Å². The Morgan fingerprint density at radius 2 is 1.61 bits per heavy atom. The summed E-state index contributed by atoms with van der Waals surface area (Å²) in [7, 11) is 0. The van der Waals surface area contributed by atoms with Gasteiger partial charge in [-0.25, -0.2) is 4.39 Å². The monoisotopic (exact) mass is 423 g/mol. The molecule has 2 aromatic rings. The van der Waals surface area contributed by atoms with Gasteiger partial charge < -0.3 is 9.30 Å². The lowest BCUT2D eigenvalue weighted by molar-refractivity contribution is -0.150. The fraction of sp³-hybridized carbons (Fsp3) is 0.538. The summed E-state index contributed by atoms with van der Waals surface area (Å²) < 4.78 is 20.7. The topological polar surface area (TPSA) is 48.3 Å². The van der Waals surface area contributed by atoms with Gasteiger partial charge in [-0.15, -0.1) is 0 Å². The third-order valence-corrected chi connectivity index (χ3v) is 7.87. The van der Waals surface area contributed by atoms with Crippen molar-refractivity contribution in [3.05, 3.63) is 53.1 Å². The number of ether oxygens (including phenoxy) is 1. The number of ketones is 1. The summed E-state index contributed by atoms with van der Waals surface area (Å²) >= 11 is 0. The molecule has 0 aliphatic heterocycles. The predicted molar refractivity (Wildman–Crippen MR) is 116 cm³/mol. The number of aromatic nitrogens is 1. The molecule has 4 aliphatic carbocycles. The van der Waals surface area contributed by atoms with Gasteiger partial charge in [0.1, 0.15) is 5.82 Å². The first-order chi connectivity index (χ1) is 14.8. The lowest BCUT2D eigenvalue weighted by atomic mass is 9.49. The molecule has 4 bridgehead atoms. The lowest BCUT2D eigenvalue weighted by Gasteiger charge is -2.56. The minimum absolute atomic E-state index is 0.118. The molecule has 0 unspecified atom stereocenters. The number of hydrogen-bond acceptors (Lipinski definition) is 3. The third kappa shape index (κ3) is 3.83. The van der Waals surface area contributed by atoms with Crippen LogP contribution in [0, 0.1) is 42.8 Å². The zero-order chi connectivity index (χ0) is 21.8. The summed E-state index contributed by atoms with van der Waals surface area (Å²) in [6.45, 7) is 3.55. The number of rotatable bonds is 6. The van der Waals surface area contributed by atoms with Gasteiger partial charge in [0.2, 0.25) is 5.78 Å². The highest BCUT2D eigenvalue weighted by Crippen LogP contribution is 2.61. The van der Waals surface area contributed by atoms with Crippen LogP contribution in [0.3, 0.4) is 0 Å². The van der Waals surface area contributed by atoms with Gasteiger partial charge in [-0.05, 0) is 106 Å². The third-order valence-electron chi connectivity index (χ3n) is 7.87. The highest BCUT2D eigenvalue weighted by Gasteiger charge is 2.51. The number of nitrogens with zero attached hydrogens (tertiary/aromatic N) is 1. The largest absolute Gasteiger partial charge is 0.457 e. The van der Waals surface area contributed by atoms with Crippen LogP contribution in [0.5, 0.6) is 0 Å². The summed E-state index contributed by atoms with van der Waals surface area (Å²) in [6.07, 6.45) is 7.95. The van der Waals surface area contributed by atoms with Crippen molar-refractivity contribution < 1.29 is 18.7 Å². The lowest BCUT2D eigenvalue weighted by Crippen LogP contribution is -2.47. The molecule has 1 aromatic heterocycles. The molecule has 0 radical (unpaired) electrons. The first kappa shape index (κ1) is 20.5. The number of carbonyl (C=O) groups is 2. The molecule has 31 heavy (non-hydrogen) atoms. The summed E-state index contributed by atoms with van der Waals surface area (Å²) in [5.41, 5.74) is 3.12. The number of benzene rings is 1. The molecule has 1 heterocycles. The highest BCUT2D eigenvalue weighted by atomic mass is 19.1. The maximum atomic E-state index is 13.3. The fourth-order valence-corrected chi connectivity index (χ4v) is 7.12. The second-order valence-electron chi connectivity index (χ2n) is 10.3. The summed E-state index contributed by atoms with van der Waals surface area (Å²) in [5.74, 6) is 1.64. The van der Waals surface area contributed by atoms with E-state index in [0.717, 1.165) is 54.1 Å². The van der Waals surface area contributed by atoms with Crippen molar-refractivity contribution in [2.75, 3.05) is 6.61 Å². The molecule has 6 rings (SSSR count). The standard InChI is InChI=1S/C26H30FNO3/c1-16-7-23(17(2)28(16)22-5-3-21(27)4-6-22)24(29)15-31-25(30)14-26-11-18-8-19(12-26)10-20(9-18)13-26/h3-7,18-20H,8-15H2,1-2H3. The smallest absolute Gasteiger partial charge is 0.306 e. The number of aryl methyl sites for hydroxylation is 1. The molecule has 164 valence electrons. The van der Waals surface area contributed by atoms with Crippen LogP contribution >= 0.6 is 0 Å². The van der Waals surface area contributed by atoms with Gasteiger partial charge in [0, 0.05) is 22.6 Å². The first-order valence-corrected chi connectivity index (χ1v) is 11.5. The van der Waals surface area contributed by atoms with Crippen molar-refractivity contribution in [2.24, 2.45) is 23.2 Å². The normalized spacial score (nSPS) is 28.7. The Kier molecular flexibility index (Phi) is 5.03. The Morgan fingerprint density at radius 3 is 2.19 bits per heavy atom. The van der Waals surface area contributed by atoms with Crippen LogP contribution in [0.4, 0.5) is 4.39 Å². The zero-order valence-corrected chi connectivity index (χ0v) is 18.3. The van der Waals surface area contributed by atoms with Crippen molar-refractivity contribution in [1.82, 2.24) is 4.57 Å². The van der Waals surface area contributed by atoms with E-state index < -0.39 is 0 Å². The molecule has 0 saturated heterocycles. The van der Waals surface area contributed by atoms with E-state index >= 15 is 0 Å². The summed E-state index contributed by atoms with van der Waals surface area (Å²) in [4.78, 5) is 25.5. The number of hydrogen-bond donors (Lipinski definition) is 0. The van der Waals surface area contributed by atoms with E-state index in [1.54, 1.807) is 12.1 Å². The second kappa shape index (κ2) is 7.61. The van der Waals surface area contributed by atoms with Crippen LogP contribution < -0.4 is 0 Å². The average molecular weight is 424 g/mol. The van der Waals surface area contributed by atoms with Gasteiger partial charge >= 0.3 is 5.97 Å². The highest BCUT2D eigenvalue weighted by molar-refractivity contribution is 5.99. The fourth-order valence-electron chi connectivity index (χ4n) is 7.12. The Bertz CT molecular complexity index is 985. The molecule has 4 saturated carbocycles. The van der Waals surface area contributed by atoms with Gasteiger partial charge in [-0.2, -0.15) is 0 Å². The van der Waals surface area contributed by atoms with Crippen LogP contribution in [-0.4, -0.2) is 22.9 Å². The SMILES string of the molecule is Cc1cc(C(=O)COC(=O)CC23CC4CC(CC(C4)C2)C3)c(C)n1-c1ccc(F)cc1. The molecule has 4 nitrogen and oxygen atoms in total. The molecular formula is C26H30FNO3. The summed E-state index contributed by atoms with van der Waals surface area (Å²) in [6, 6.07) is 8.00. The van der Waals surface area contributed by atoms with Crippen molar-refractivity contribution in [2.45, 2.75) is 58.8 Å². The maximum absolute atomic E-state index is 13.3. The van der Waals surface area contributed by atoms with Crippen LogP contribution in [0.15, 0.2) is 30.3 Å². The molecule has 5 heteroatoms. The average Bonchev–Trinajstić information content (AvgIpc) is 3.00. The van der Waals surface area contributed by atoms with E-state index in [9.17, 15) is 14.0 Å². The summed E-state index contributed by atoms with van der Waals surface area (Å²) in [5, 5.41) is 0. The van der Waals surface area contributed by atoms with E-state index in [2.05, 4.69) is 0 Å². The van der Waals surface area contributed by atoms with Gasteiger partial charge in [0.05, 0.1) is 6.42 Å². The molecular weight excluding hydrogens is 393 g/mol. The number of Topliss-reactive ketones (excluding diaryl/α,β-unsaturated/α-hetero) is 1. The molecule has 4 aliphatic rings. The van der Waals surface area contributed by atoms with Crippen molar-refractivity contribution >= 4 is 11.8 Å².